The van der Waals surface area contributed by atoms with Crippen LogP contribution in [0, 0.1) is 0 Å². The summed E-state index contributed by atoms with van der Waals surface area (Å²) in [4.78, 5) is 31.5. The molecule has 2 heterocycles. The molecular weight excluding hydrogens is 350 g/mol. The van der Waals surface area contributed by atoms with E-state index in [0.29, 0.717) is 18.8 Å². The number of carbonyl (C=O) groups is 1. The zero-order valence-electron chi connectivity index (χ0n) is 16.9. The smallest absolute Gasteiger partial charge is 0.273 e. The van der Waals surface area contributed by atoms with Crippen molar-refractivity contribution in [1.29, 1.82) is 0 Å². The Morgan fingerprint density at radius 3 is 2.43 bits per heavy atom. The molecule has 28 heavy (non-hydrogen) atoms. The molecule has 0 spiro atoms. The van der Waals surface area contributed by atoms with Crippen molar-refractivity contribution in [3.8, 4) is 0 Å². The first-order valence-electron chi connectivity index (χ1n) is 10.5. The number of carbonyl (C=O) groups excluding carboxylic acids is 1. The Morgan fingerprint density at radius 1 is 1.04 bits per heavy atom. The molecule has 0 atom stereocenters. The van der Waals surface area contributed by atoms with Gasteiger partial charge >= 0.3 is 0 Å². The van der Waals surface area contributed by atoms with E-state index in [-0.39, 0.29) is 22.9 Å². The van der Waals surface area contributed by atoms with Crippen LogP contribution in [-0.2, 0) is 18.4 Å². The molecule has 0 radical (unpaired) electrons. The van der Waals surface area contributed by atoms with Crippen molar-refractivity contribution in [3.63, 3.8) is 0 Å². The van der Waals surface area contributed by atoms with Gasteiger partial charge in [0, 0.05) is 37.0 Å². The van der Waals surface area contributed by atoms with Crippen LogP contribution < -0.4 is 5.56 Å². The van der Waals surface area contributed by atoms with Gasteiger partial charge in [-0.2, -0.15) is 4.98 Å². The number of aromatic nitrogens is 2. The highest BCUT2D eigenvalue weighted by atomic mass is 16.2. The predicted molar refractivity (Wildman–Crippen MR) is 110 cm³/mol. The van der Waals surface area contributed by atoms with Crippen LogP contribution >= 0.6 is 0 Å². The minimum atomic E-state index is -0.306. The fraction of sp³-hybridized carbons (Fsp3) is 0.522. The zero-order valence-corrected chi connectivity index (χ0v) is 16.9. The van der Waals surface area contributed by atoms with E-state index >= 15 is 0 Å². The van der Waals surface area contributed by atoms with Gasteiger partial charge in [0.2, 0.25) is 0 Å². The van der Waals surface area contributed by atoms with E-state index in [1.807, 2.05) is 29.4 Å². The molecular formula is C23H29N3O2. The highest BCUT2D eigenvalue weighted by molar-refractivity contribution is 5.93. The van der Waals surface area contributed by atoms with Crippen molar-refractivity contribution in [2.24, 2.45) is 0 Å². The van der Waals surface area contributed by atoms with Gasteiger partial charge in [0.05, 0.1) is 0 Å². The number of fused-ring (bicyclic) bond motifs is 1. The standard InChI is InChI=1S/C23H29N3O2/c1-17(2)25-13-14-26-19(22(25)28)15-21(27)24-20(26)16-23(11-7-4-8-12-23)18-9-5-3-6-10-18/h3,5-6,9-10,15,17H,4,7-8,11-14,16H2,1-2H3. The Hall–Kier alpha value is -2.43. The molecule has 0 unspecified atom stereocenters. The van der Waals surface area contributed by atoms with E-state index in [9.17, 15) is 9.59 Å². The number of hydrogen-bond acceptors (Lipinski definition) is 3. The molecule has 148 valence electrons. The van der Waals surface area contributed by atoms with Crippen molar-refractivity contribution in [1.82, 2.24) is 14.5 Å². The normalized spacial score (nSPS) is 19.0. The molecule has 0 bridgehead atoms. The van der Waals surface area contributed by atoms with Crippen molar-refractivity contribution in [3.05, 3.63) is 63.8 Å². The molecule has 1 aromatic carbocycles. The van der Waals surface area contributed by atoms with Gasteiger partial charge < -0.3 is 9.47 Å². The minimum Gasteiger partial charge on any atom is -0.333 e. The highest BCUT2D eigenvalue weighted by Gasteiger charge is 2.37. The second kappa shape index (κ2) is 7.53. The zero-order chi connectivity index (χ0) is 19.7. The number of hydrogen-bond donors (Lipinski definition) is 0. The summed E-state index contributed by atoms with van der Waals surface area (Å²) < 4.78 is 2.00. The molecule has 1 aliphatic heterocycles. The number of nitrogens with zero attached hydrogens (tertiary/aromatic N) is 3. The Labute approximate surface area is 166 Å². The number of benzene rings is 1. The summed E-state index contributed by atoms with van der Waals surface area (Å²) in [6, 6.07) is 12.2. The van der Waals surface area contributed by atoms with E-state index in [2.05, 4.69) is 29.2 Å². The summed E-state index contributed by atoms with van der Waals surface area (Å²) in [5, 5.41) is 0. The van der Waals surface area contributed by atoms with Gasteiger partial charge in [-0.25, -0.2) is 0 Å². The summed E-state index contributed by atoms with van der Waals surface area (Å²) in [5.41, 5.74) is 1.51. The van der Waals surface area contributed by atoms with Crippen LogP contribution in [0.5, 0.6) is 0 Å². The van der Waals surface area contributed by atoms with Gasteiger partial charge in [0.1, 0.15) is 11.5 Å². The van der Waals surface area contributed by atoms with Crippen LogP contribution in [0.2, 0.25) is 0 Å². The third-order valence-electron chi connectivity index (χ3n) is 6.46. The lowest BCUT2D eigenvalue weighted by Crippen LogP contribution is -2.47. The maximum atomic E-state index is 12.9. The largest absolute Gasteiger partial charge is 0.333 e. The molecule has 1 aliphatic carbocycles. The molecule has 5 nitrogen and oxygen atoms in total. The quantitative estimate of drug-likeness (QED) is 0.816. The second-order valence-electron chi connectivity index (χ2n) is 8.52. The molecule has 0 N–H and O–H groups in total. The molecule has 1 amide bonds. The molecule has 4 rings (SSSR count). The maximum Gasteiger partial charge on any atom is 0.273 e. The third-order valence-corrected chi connectivity index (χ3v) is 6.46. The van der Waals surface area contributed by atoms with Gasteiger partial charge in [-0.05, 0) is 32.3 Å². The van der Waals surface area contributed by atoms with Crippen LogP contribution in [0.15, 0.2) is 41.2 Å². The molecule has 1 saturated carbocycles. The van der Waals surface area contributed by atoms with Gasteiger partial charge in [0.25, 0.3) is 11.5 Å². The first kappa shape index (κ1) is 18.9. The summed E-state index contributed by atoms with van der Waals surface area (Å²) in [5.74, 6) is 0.712. The maximum absolute atomic E-state index is 12.9. The lowest BCUT2D eigenvalue weighted by Gasteiger charge is -2.39. The van der Waals surface area contributed by atoms with E-state index in [1.54, 1.807) is 0 Å². The van der Waals surface area contributed by atoms with E-state index in [0.717, 1.165) is 25.1 Å². The first-order chi connectivity index (χ1) is 13.5. The average molecular weight is 380 g/mol. The molecule has 5 heteroatoms. The number of rotatable bonds is 4. The molecule has 1 fully saturated rings. The molecule has 0 saturated heterocycles. The van der Waals surface area contributed by atoms with Crippen LogP contribution in [0.4, 0.5) is 0 Å². The number of amides is 1. The predicted octanol–water partition coefficient (Wildman–Crippen LogP) is 3.55. The Balaban J connectivity index is 1.76. The summed E-state index contributed by atoms with van der Waals surface area (Å²) >= 11 is 0. The van der Waals surface area contributed by atoms with Gasteiger partial charge in [0.15, 0.2) is 0 Å². The van der Waals surface area contributed by atoms with E-state index in [4.69, 9.17) is 0 Å². The fourth-order valence-corrected chi connectivity index (χ4v) is 4.95. The van der Waals surface area contributed by atoms with Gasteiger partial charge in [-0.3, -0.25) is 9.59 Å². The van der Waals surface area contributed by atoms with E-state index in [1.165, 1.54) is 30.9 Å². The highest BCUT2D eigenvalue weighted by Crippen LogP contribution is 2.41. The third kappa shape index (κ3) is 3.38. The monoisotopic (exact) mass is 379 g/mol. The Bertz CT molecular complexity index is 911. The van der Waals surface area contributed by atoms with Crippen molar-refractivity contribution in [2.45, 2.75) is 70.4 Å². The van der Waals surface area contributed by atoms with Gasteiger partial charge in [-0.1, -0.05) is 49.6 Å². The lowest BCUT2D eigenvalue weighted by molar-refractivity contribution is 0.0642. The van der Waals surface area contributed by atoms with Crippen molar-refractivity contribution >= 4 is 5.91 Å². The van der Waals surface area contributed by atoms with Crippen LogP contribution in [-0.4, -0.2) is 32.9 Å². The summed E-state index contributed by atoms with van der Waals surface area (Å²) in [7, 11) is 0. The fourth-order valence-electron chi connectivity index (χ4n) is 4.95. The molecule has 2 aromatic rings. The summed E-state index contributed by atoms with van der Waals surface area (Å²) in [6.45, 7) is 5.40. The summed E-state index contributed by atoms with van der Waals surface area (Å²) in [6.07, 6.45) is 6.57. The van der Waals surface area contributed by atoms with Crippen LogP contribution in [0.3, 0.4) is 0 Å². The SMILES string of the molecule is CC(C)N1CCn2c(cc(=O)nc2CC2(c3ccccc3)CCCCC2)C1=O. The second-order valence-corrected chi connectivity index (χ2v) is 8.52. The molecule has 1 aromatic heterocycles. The minimum absolute atomic E-state index is 0.000691. The topological polar surface area (TPSA) is 55.2 Å². The van der Waals surface area contributed by atoms with Gasteiger partial charge in [-0.15, -0.1) is 0 Å². The van der Waals surface area contributed by atoms with Crippen LogP contribution in [0.25, 0.3) is 0 Å². The Morgan fingerprint density at radius 2 is 1.75 bits per heavy atom. The average Bonchev–Trinajstić information content (AvgIpc) is 2.70. The Kier molecular flexibility index (Phi) is 5.09. The van der Waals surface area contributed by atoms with Crippen LogP contribution in [0.1, 0.15) is 67.8 Å². The first-order valence-corrected chi connectivity index (χ1v) is 10.5. The molecule has 2 aliphatic rings. The lowest BCUT2D eigenvalue weighted by atomic mass is 9.67. The van der Waals surface area contributed by atoms with Crippen molar-refractivity contribution < 1.29 is 4.79 Å². The van der Waals surface area contributed by atoms with Crippen molar-refractivity contribution in [2.75, 3.05) is 6.54 Å². The van der Waals surface area contributed by atoms with E-state index < -0.39 is 0 Å².